The van der Waals surface area contributed by atoms with Crippen molar-refractivity contribution >= 4 is 17.9 Å². The lowest BCUT2D eigenvalue weighted by Gasteiger charge is -2.25. The van der Waals surface area contributed by atoms with Gasteiger partial charge in [-0.3, -0.25) is 9.59 Å². The Kier molecular flexibility index (Phi) is 51.8. The molecule has 0 aliphatic heterocycles. The largest absolute Gasteiger partial charge is 0.477 e. The summed E-state index contributed by atoms with van der Waals surface area (Å²) < 4.78 is 22.8. The van der Waals surface area contributed by atoms with Crippen molar-refractivity contribution < 1.29 is 42.9 Å². The highest BCUT2D eigenvalue weighted by Crippen LogP contribution is 2.12. The number of nitrogens with zero attached hydrogens (tertiary/aromatic N) is 1. The highest BCUT2D eigenvalue weighted by molar-refractivity contribution is 5.71. The topological polar surface area (TPSA) is 108 Å². The second-order valence-electron chi connectivity index (χ2n) is 19.9. The molecule has 0 fully saturated rings. The van der Waals surface area contributed by atoms with Crippen LogP contribution in [0.3, 0.4) is 0 Å². The summed E-state index contributed by atoms with van der Waals surface area (Å²) in [6.07, 6.45) is 77.8. The molecule has 0 aliphatic carbocycles. The van der Waals surface area contributed by atoms with Crippen LogP contribution in [0.2, 0.25) is 0 Å². The van der Waals surface area contributed by atoms with Crippen molar-refractivity contribution in [3.63, 3.8) is 0 Å². The van der Waals surface area contributed by atoms with E-state index in [2.05, 4.69) is 160 Å². The van der Waals surface area contributed by atoms with Crippen molar-refractivity contribution in [2.75, 3.05) is 47.5 Å². The molecule has 0 aromatic heterocycles. The zero-order chi connectivity index (χ0) is 54.8. The molecule has 0 spiro atoms. The van der Waals surface area contributed by atoms with Gasteiger partial charge in [0.15, 0.2) is 6.10 Å². The number of aliphatic carboxylic acids is 1. The average Bonchev–Trinajstić information content (AvgIpc) is 3.38. The molecule has 2 atom stereocenters. The molecule has 0 heterocycles. The molecule has 9 nitrogen and oxygen atoms in total. The Bertz CT molecular complexity index is 1730. The zero-order valence-corrected chi connectivity index (χ0v) is 47.9. The summed E-state index contributed by atoms with van der Waals surface area (Å²) >= 11 is 0. The van der Waals surface area contributed by atoms with E-state index in [0.29, 0.717) is 17.4 Å². The molecular weight excluding hydrogens is 935 g/mol. The number of esters is 2. The lowest BCUT2D eigenvalue weighted by molar-refractivity contribution is -0.870. The van der Waals surface area contributed by atoms with Crippen LogP contribution in [-0.2, 0) is 33.3 Å². The van der Waals surface area contributed by atoms with Gasteiger partial charge >= 0.3 is 17.9 Å². The normalized spacial score (nSPS) is 13.9. The van der Waals surface area contributed by atoms with Gasteiger partial charge in [-0.05, 0) is 122 Å². The molecular formula is C66H106NO8+. The highest BCUT2D eigenvalue weighted by atomic mass is 16.7. The molecule has 0 radical (unpaired) electrons. The van der Waals surface area contributed by atoms with Gasteiger partial charge in [0.25, 0.3) is 6.29 Å². The van der Waals surface area contributed by atoms with Gasteiger partial charge < -0.3 is 28.5 Å². The molecule has 2 unspecified atom stereocenters. The summed E-state index contributed by atoms with van der Waals surface area (Å²) in [6.45, 7) is 4.66. The van der Waals surface area contributed by atoms with Crippen LogP contribution in [0.25, 0.3) is 0 Å². The number of unbranched alkanes of at least 4 members (excludes halogenated alkanes) is 12. The Morgan fingerprint density at radius 2 is 0.760 bits per heavy atom. The molecule has 1 N–H and O–H groups in total. The Hall–Kier alpha value is -4.83. The first-order valence-electron chi connectivity index (χ1n) is 29.0. The van der Waals surface area contributed by atoms with Crippen molar-refractivity contribution in [1.82, 2.24) is 0 Å². The monoisotopic (exact) mass is 1040 g/mol. The van der Waals surface area contributed by atoms with E-state index in [4.69, 9.17) is 18.9 Å². The number of carboxylic acid groups (broad SMARTS) is 1. The summed E-state index contributed by atoms with van der Waals surface area (Å²) in [7, 11) is 5.94. The first-order valence-corrected chi connectivity index (χ1v) is 29.0. The minimum Gasteiger partial charge on any atom is -0.477 e. The van der Waals surface area contributed by atoms with Crippen LogP contribution >= 0.6 is 0 Å². The molecule has 0 aliphatic rings. The fourth-order valence-corrected chi connectivity index (χ4v) is 7.13. The van der Waals surface area contributed by atoms with E-state index in [0.717, 1.165) is 135 Å². The number of hydrogen-bond donors (Lipinski definition) is 1. The minimum atomic E-state index is -1.53. The predicted molar refractivity (Wildman–Crippen MR) is 317 cm³/mol. The molecule has 0 bridgehead atoms. The van der Waals surface area contributed by atoms with E-state index < -0.39 is 24.3 Å². The van der Waals surface area contributed by atoms with E-state index in [-0.39, 0.29) is 38.6 Å². The Morgan fingerprint density at radius 1 is 0.413 bits per heavy atom. The van der Waals surface area contributed by atoms with E-state index >= 15 is 0 Å². The lowest BCUT2D eigenvalue weighted by Crippen LogP contribution is -2.40. The number of ether oxygens (including phenoxy) is 4. The van der Waals surface area contributed by atoms with Gasteiger partial charge in [-0.2, -0.15) is 0 Å². The third kappa shape index (κ3) is 56.7. The molecule has 0 aromatic carbocycles. The number of carbonyl (C=O) groups excluding carboxylic acids is 2. The van der Waals surface area contributed by atoms with E-state index in [1.54, 1.807) is 0 Å². The molecule has 9 heteroatoms. The van der Waals surface area contributed by atoms with Crippen molar-refractivity contribution in [1.29, 1.82) is 0 Å². The Balaban J connectivity index is 4.33. The van der Waals surface area contributed by atoms with Crippen LogP contribution in [0.4, 0.5) is 0 Å². The maximum Gasteiger partial charge on any atom is 0.361 e. The van der Waals surface area contributed by atoms with Gasteiger partial charge in [-0.25, -0.2) is 4.79 Å². The summed E-state index contributed by atoms with van der Waals surface area (Å²) in [5.74, 6) is -2.08. The quantitative estimate of drug-likeness (QED) is 0.0211. The van der Waals surface area contributed by atoms with Gasteiger partial charge in [0.1, 0.15) is 13.2 Å². The second-order valence-corrected chi connectivity index (χ2v) is 19.9. The van der Waals surface area contributed by atoms with Crippen molar-refractivity contribution in [3.8, 4) is 0 Å². The minimum absolute atomic E-state index is 0.172. The van der Waals surface area contributed by atoms with E-state index in [9.17, 15) is 19.5 Å². The number of carbonyl (C=O) groups is 3. The molecule has 0 saturated heterocycles. The fraction of sp³-hybridized carbons (Fsp3) is 0.591. The van der Waals surface area contributed by atoms with Crippen molar-refractivity contribution in [2.24, 2.45) is 0 Å². The standard InChI is InChI=1S/C66H105NO8/c1-6-8-10-12-14-16-18-20-22-23-24-25-26-27-28-29-30-31-32-33-34-35-36-37-38-39-40-41-43-45-47-49-51-53-55-57-64(69)75-62(61-74-66(65(70)71)72-59-58-67(3,4)5)60-73-63(68)56-54-52-50-48-46-44-42-21-19-17-15-13-11-9-7-2/h8,10,14-17,20-22,24-25,27-28,30-31,33-34,36-37,39-40,42-43,45,62,66H,6-7,9,11-13,18-19,23,26,29,32,35,38,41,44,46-61H2,1-5H3/p+1/b10-8-,16-14-,17-15-,22-20-,25-24-,28-27-,31-30-,34-33-,37-36-,40-39-,42-21-,45-43-. The number of likely N-dealkylation sites (N-methyl/N-ethyl adjacent to an activating group) is 1. The van der Waals surface area contributed by atoms with Gasteiger partial charge in [-0.15, -0.1) is 0 Å². The predicted octanol–water partition coefficient (Wildman–Crippen LogP) is 17.2. The Labute approximate surface area is 458 Å². The van der Waals surface area contributed by atoms with Gasteiger partial charge in [0.05, 0.1) is 34.4 Å². The fourth-order valence-electron chi connectivity index (χ4n) is 7.13. The van der Waals surface area contributed by atoms with Crippen LogP contribution in [0.15, 0.2) is 146 Å². The first-order chi connectivity index (χ1) is 36.6. The number of rotatable bonds is 51. The summed E-state index contributed by atoms with van der Waals surface area (Å²) in [5.41, 5.74) is 0. The third-order valence-electron chi connectivity index (χ3n) is 11.6. The van der Waals surface area contributed by atoms with Crippen molar-refractivity contribution in [3.05, 3.63) is 146 Å². The smallest absolute Gasteiger partial charge is 0.361 e. The van der Waals surface area contributed by atoms with Gasteiger partial charge in [0.2, 0.25) is 0 Å². The SMILES string of the molecule is CC/C=C\C/C=C\C/C=C\C/C=C\C/C=C\C/C=C\C/C=C\C/C=C\C/C=C\C/C=C\CCCCCCC(=O)OC(COC(=O)CCCCCCC/C=C\C/C=C\CCCCC)COC(OCC[N+](C)(C)C)C(=O)O. The van der Waals surface area contributed by atoms with E-state index in [1.807, 2.05) is 21.1 Å². The summed E-state index contributed by atoms with van der Waals surface area (Å²) in [4.78, 5) is 37.4. The molecule has 422 valence electrons. The van der Waals surface area contributed by atoms with Gasteiger partial charge in [0, 0.05) is 12.8 Å². The molecule has 0 saturated carbocycles. The molecule has 75 heavy (non-hydrogen) atoms. The van der Waals surface area contributed by atoms with E-state index in [1.165, 1.54) is 25.7 Å². The van der Waals surface area contributed by atoms with Crippen LogP contribution in [0.1, 0.15) is 194 Å². The number of carboxylic acids is 1. The van der Waals surface area contributed by atoms with Crippen molar-refractivity contribution in [2.45, 2.75) is 206 Å². The first kappa shape index (κ1) is 70.2. The Morgan fingerprint density at radius 3 is 1.13 bits per heavy atom. The third-order valence-corrected chi connectivity index (χ3v) is 11.6. The second kappa shape index (κ2) is 55.4. The van der Waals surface area contributed by atoms with Crippen LogP contribution in [0.5, 0.6) is 0 Å². The highest BCUT2D eigenvalue weighted by Gasteiger charge is 2.25. The lowest BCUT2D eigenvalue weighted by atomic mass is 10.1. The average molecular weight is 1040 g/mol. The number of quaternary nitrogens is 1. The molecule has 0 aromatic rings. The summed E-state index contributed by atoms with van der Waals surface area (Å²) in [5, 5.41) is 9.69. The molecule has 0 rings (SSSR count). The van der Waals surface area contributed by atoms with Gasteiger partial charge in [-0.1, -0.05) is 205 Å². The van der Waals surface area contributed by atoms with Crippen LogP contribution in [-0.4, -0.2) is 87.4 Å². The maximum absolute atomic E-state index is 12.9. The number of hydrogen-bond acceptors (Lipinski definition) is 7. The molecule has 0 amide bonds. The zero-order valence-electron chi connectivity index (χ0n) is 47.9. The van der Waals surface area contributed by atoms with Crippen LogP contribution in [0, 0.1) is 0 Å². The van der Waals surface area contributed by atoms with Crippen LogP contribution < -0.4 is 0 Å². The summed E-state index contributed by atoms with van der Waals surface area (Å²) in [6, 6.07) is 0. The maximum atomic E-state index is 12.9. The number of allylic oxidation sites excluding steroid dienone is 24.